The van der Waals surface area contributed by atoms with Gasteiger partial charge in [0.15, 0.2) is 0 Å². The van der Waals surface area contributed by atoms with Crippen molar-refractivity contribution >= 4 is 17.7 Å². The lowest BCUT2D eigenvalue weighted by molar-refractivity contribution is -0.120. The van der Waals surface area contributed by atoms with E-state index in [0.29, 0.717) is 5.75 Å². The number of nitrogens with one attached hydrogen (secondary N) is 1. The van der Waals surface area contributed by atoms with E-state index in [4.69, 9.17) is 0 Å². The van der Waals surface area contributed by atoms with E-state index in [1.54, 1.807) is 11.8 Å². The molecule has 1 aromatic rings. The number of carbonyl (C=O) groups is 1. The summed E-state index contributed by atoms with van der Waals surface area (Å²) in [6.07, 6.45) is 0.946. The summed E-state index contributed by atoms with van der Waals surface area (Å²) in [6, 6.07) is 8.46. The first kappa shape index (κ1) is 15.1. The van der Waals surface area contributed by atoms with E-state index in [1.807, 2.05) is 0 Å². The quantitative estimate of drug-likeness (QED) is 0.852. The molecule has 0 aliphatic carbocycles. The van der Waals surface area contributed by atoms with Gasteiger partial charge in [0.05, 0.1) is 5.75 Å². The second-order valence-corrected chi connectivity index (χ2v) is 6.25. The van der Waals surface area contributed by atoms with Gasteiger partial charge in [-0.1, -0.05) is 36.8 Å². The highest BCUT2D eigenvalue weighted by Gasteiger charge is 2.17. The first-order valence-corrected chi connectivity index (χ1v) is 7.53. The highest BCUT2D eigenvalue weighted by molar-refractivity contribution is 7.99. The van der Waals surface area contributed by atoms with E-state index in [-0.39, 0.29) is 11.4 Å². The molecule has 1 N–H and O–H groups in total. The highest BCUT2D eigenvalue weighted by atomic mass is 32.2. The molecule has 0 radical (unpaired) electrons. The predicted molar refractivity (Wildman–Crippen MR) is 79.9 cm³/mol. The molecule has 100 valence electrons. The molecule has 0 bridgehead atoms. The molecule has 0 unspecified atom stereocenters. The van der Waals surface area contributed by atoms with Gasteiger partial charge in [-0.2, -0.15) is 0 Å². The predicted octanol–water partition coefficient (Wildman–Crippen LogP) is 3.53. The summed E-state index contributed by atoms with van der Waals surface area (Å²) >= 11 is 1.66. The Morgan fingerprint density at radius 3 is 2.44 bits per heavy atom. The van der Waals surface area contributed by atoms with Gasteiger partial charge in [0.1, 0.15) is 0 Å². The number of aryl methyl sites for hydroxylation is 1. The van der Waals surface area contributed by atoms with E-state index in [2.05, 4.69) is 57.3 Å². The van der Waals surface area contributed by atoms with Crippen molar-refractivity contribution in [1.29, 1.82) is 0 Å². The Hall–Kier alpha value is -0.960. The zero-order chi connectivity index (χ0) is 13.6. The molecule has 1 amide bonds. The molecule has 2 nitrogen and oxygen atoms in total. The van der Waals surface area contributed by atoms with Crippen molar-refractivity contribution in [1.82, 2.24) is 5.32 Å². The Labute approximate surface area is 115 Å². The van der Waals surface area contributed by atoms with Crippen LogP contribution in [0, 0.1) is 6.92 Å². The van der Waals surface area contributed by atoms with Gasteiger partial charge in [0, 0.05) is 11.3 Å². The van der Waals surface area contributed by atoms with Crippen LogP contribution in [-0.4, -0.2) is 17.2 Å². The Morgan fingerprint density at radius 2 is 1.89 bits per heavy atom. The molecular weight excluding hydrogens is 242 g/mol. The minimum atomic E-state index is -0.0957. The summed E-state index contributed by atoms with van der Waals surface area (Å²) in [7, 11) is 0. The van der Waals surface area contributed by atoms with Crippen molar-refractivity contribution in [3.05, 3.63) is 35.4 Å². The molecule has 0 aliphatic rings. The normalized spacial score (nSPS) is 11.3. The van der Waals surface area contributed by atoms with Crippen LogP contribution in [-0.2, 0) is 10.5 Å². The number of hydrogen-bond donors (Lipinski definition) is 1. The monoisotopic (exact) mass is 265 g/mol. The van der Waals surface area contributed by atoms with Gasteiger partial charge in [0.2, 0.25) is 5.91 Å². The molecule has 0 heterocycles. The van der Waals surface area contributed by atoms with Crippen LogP contribution in [0.15, 0.2) is 24.3 Å². The van der Waals surface area contributed by atoms with Gasteiger partial charge in [-0.05, 0) is 32.8 Å². The maximum absolute atomic E-state index is 11.7. The molecule has 0 atom stereocenters. The molecule has 1 rings (SSSR count). The standard InChI is InChI=1S/C15H23NOS/c1-5-15(3,4)16-14(17)11-18-10-13-8-6-12(2)7-9-13/h6-9H,5,10-11H2,1-4H3,(H,16,17). The lowest BCUT2D eigenvalue weighted by atomic mass is 10.0. The maximum Gasteiger partial charge on any atom is 0.230 e. The number of carbonyl (C=O) groups excluding carboxylic acids is 1. The van der Waals surface area contributed by atoms with Crippen LogP contribution in [0.25, 0.3) is 0 Å². The molecule has 3 heteroatoms. The first-order chi connectivity index (χ1) is 8.43. The Kier molecular flexibility index (Phi) is 5.73. The largest absolute Gasteiger partial charge is 0.351 e. The molecule has 0 aromatic heterocycles. The van der Waals surface area contributed by atoms with E-state index in [1.165, 1.54) is 11.1 Å². The van der Waals surface area contributed by atoms with Crippen LogP contribution in [0.2, 0.25) is 0 Å². The zero-order valence-corrected chi connectivity index (χ0v) is 12.6. The minimum Gasteiger partial charge on any atom is -0.351 e. The summed E-state index contributed by atoms with van der Waals surface area (Å²) in [6.45, 7) is 8.27. The lowest BCUT2D eigenvalue weighted by Crippen LogP contribution is -2.43. The first-order valence-electron chi connectivity index (χ1n) is 6.37. The van der Waals surface area contributed by atoms with Crippen LogP contribution < -0.4 is 5.32 Å². The molecule has 0 aliphatic heterocycles. The van der Waals surface area contributed by atoms with Gasteiger partial charge >= 0.3 is 0 Å². The Morgan fingerprint density at radius 1 is 1.28 bits per heavy atom. The third-order valence-electron chi connectivity index (χ3n) is 2.98. The number of hydrogen-bond acceptors (Lipinski definition) is 2. The van der Waals surface area contributed by atoms with Crippen LogP contribution in [0.4, 0.5) is 0 Å². The Balaban J connectivity index is 2.29. The van der Waals surface area contributed by atoms with E-state index >= 15 is 0 Å². The molecule has 0 saturated heterocycles. The van der Waals surface area contributed by atoms with E-state index < -0.39 is 0 Å². The molecule has 0 spiro atoms. The summed E-state index contributed by atoms with van der Waals surface area (Å²) in [5.74, 6) is 1.54. The molecule has 0 fully saturated rings. The van der Waals surface area contributed by atoms with Crippen LogP contribution >= 0.6 is 11.8 Å². The van der Waals surface area contributed by atoms with Gasteiger partial charge in [-0.25, -0.2) is 0 Å². The average Bonchev–Trinajstić information content (AvgIpc) is 2.31. The van der Waals surface area contributed by atoms with Gasteiger partial charge in [-0.3, -0.25) is 4.79 Å². The number of amides is 1. The molecular formula is C15H23NOS. The van der Waals surface area contributed by atoms with E-state index in [0.717, 1.165) is 12.2 Å². The molecule has 1 aromatic carbocycles. The van der Waals surface area contributed by atoms with Gasteiger partial charge < -0.3 is 5.32 Å². The summed E-state index contributed by atoms with van der Waals surface area (Å²) in [5, 5.41) is 3.04. The zero-order valence-electron chi connectivity index (χ0n) is 11.7. The van der Waals surface area contributed by atoms with Crippen molar-refractivity contribution in [2.45, 2.75) is 45.4 Å². The highest BCUT2D eigenvalue weighted by Crippen LogP contribution is 2.13. The third kappa shape index (κ3) is 5.58. The van der Waals surface area contributed by atoms with Crippen LogP contribution in [0.1, 0.15) is 38.3 Å². The maximum atomic E-state index is 11.7. The number of rotatable bonds is 6. The summed E-state index contributed by atoms with van der Waals surface area (Å²) in [5.41, 5.74) is 2.45. The average molecular weight is 265 g/mol. The number of benzene rings is 1. The lowest BCUT2D eigenvalue weighted by Gasteiger charge is -2.24. The number of thioether (sulfide) groups is 1. The van der Waals surface area contributed by atoms with Crippen molar-refractivity contribution in [2.24, 2.45) is 0 Å². The second kappa shape index (κ2) is 6.83. The van der Waals surface area contributed by atoms with Gasteiger partial charge in [0.25, 0.3) is 0 Å². The summed E-state index contributed by atoms with van der Waals surface area (Å²) < 4.78 is 0. The molecule has 18 heavy (non-hydrogen) atoms. The summed E-state index contributed by atoms with van der Waals surface area (Å²) in [4.78, 5) is 11.7. The van der Waals surface area contributed by atoms with Gasteiger partial charge in [-0.15, -0.1) is 11.8 Å². The van der Waals surface area contributed by atoms with Crippen LogP contribution in [0.3, 0.4) is 0 Å². The minimum absolute atomic E-state index is 0.0957. The van der Waals surface area contributed by atoms with Crippen LogP contribution in [0.5, 0.6) is 0 Å². The smallest absolute Gasteiger partial charge is 0.230 e. The molecule has 0 saturated carbocycles. The van der Waals surface area contributed by atoms with Crippen molar-refractivity contribution in [3.8, 4) is 0 Å². The fourth-order valence-corrected chi connectivity index (χ4v) is 2.24. The fourth-order valence-electron chi connectivity index (χ4n) is 1.45. The van der Waals surface area contributed by atoms with E-state index in [9.17, 15) is 4.79 Å². The third-order valence-corrected chi connectivity index (χ3v) is 3.99. The van der Waals surface area contributed by atoms with Crippen molar-refractivity contribution < 1.29 is 4.79 Å². The second-order valence-electron chi connectivity index (χ2n) is 5.26. The van der Waals surface area contributed by atoms with Crippen molar-refractivity contribution in [3.63, 3.8) is 0 Å². The Bertz CT molecular complexity index is 384. The topological polar surface area (TPSA) is 29.1 Å². The SMILES string of the molecule is CCC(C)(C)NC(=O)CSCc1ccc(C)cc1. The van der Waals surface area contributed by atoms with Crippen molar-refractivity contribution in [2.75, 3.05) is 5.75 Å². The fraction of sp³-hybridized carbons (Fsp3) is 0.533.